The van der Waals surface area contributed by atoms with E-state index in [4.69, 9.17) is 16.8 Å². The standard InChI is InChI=1S/C13H11ClN2O2/c14-11-6-4-10(5-7-11)9-15-12-2-1-3-13(8-12)16(17)18/h1-9,16-17H. The zero-order valence-electron chi connectivity index (χ0n) is 9.38. The third kappa shape index (κ3) is 3.38. The first-order valence-corrected chi connectivity index (χ1v) is 5.66. The summed E-state index contributed by atoms with van der Waals surface area (Å²) in [5.74, 6) is 0. The number of benzene rings is 2. The van der Waals surface area contributed by atoms with Crippen molar-refractivity contribution < 1.29 is 10.4 Å². The van der Waals surface area contributed by atoms with E-state index in [1.54, 1.807) is 30.5 Å². The van der Waals surface area contributed by atoms with Gasteiger partial charge in [-0.25, -0.2) is 5.21 Å². The molecule has 1 unspecified atom stereocenters. The van der Waals surface area contributed by atoms with Gasteiger partial charge in [0.05, 0.1) is 5.69 Å². The van der Waals surface area contributed by atoms with Gasteiger partial charge >= 0.3 is 0 Å². The van der Waals surface area contributed by atoms with Crippen molar-refractivity contribution in [2.24, 2.45) is 4.99 Å². The second kappa shape index (κ2) is 5.75. The van der Waals surface area contributed by atoms with Crippen LogP contribution < -0.4 is 5.23 Å². The minimum absolute atomic E-state index is 0.223. The quantitative estimate of drug-likeness (QED) is 0.659. The molecule has 0 spiro atoms. The van der Waals surface area contributed by atoms with Crippen LogP contribution in [0, 0.1) is 5.21 Å². The summed E-state index contributed by atoms with van der Waals surface area (Å²) in [5, 5.41) is 19.4. The molecule has 92 valence electrons. The lowest BCUT2D eigenvalue weighted by molar-refractivity contribution is -0.991. The molecule has 1 atom stereocenters. The maximum absolute atomic E-state index is 10.8. The maximum Gasteiger partial charge on any atom is 0.165 e. The Morgan fingerprint density at radius 2 is 1.89 bits per heavy atom. The number of halogens is 1. The average molecular weight is 263 g/mol. The van der Waals surface area contributed by atoms with E-state index in [0.29, 0.717) is 10.7 Å². The van der Waals surface area contributed by atoms with Gasteiger partial charge < -0.3 is 5.21 Å². The zero-order valence-corrected chi connectivity index (χ0v) is 10.1. The van der Waals surface area contributed by atoms with Gasteiger partial charge in [-0.3, -0.25) is 4.99 Å². The molecule has 5 heteroatoms. The number of nitrogens with one attached hydrogen (secondary N) is 1. The second-order valence-electron chi connectivity index (χ2n) is 3.67. The van der Waals surface area contributed by atoms with Gasteiger partial charge in [0.15, 0.2) is 5.69 Å². The van der Waals surface area contributed by atoms with Crippen LogP contribution in [-0.4, -0.2) is 11.4 Å². The molecule has 0 aliphatic carbocycles. The lowest BCUT2D eigenvalue weighted by atomic mass is 10.2. The summed E-state index contributed by atoms with van der Waals surface area (Å²) >= 11 is 5.77. The van der Waals surface area contributed by atoms with E-state index in [-0.39, 0.29) is 5.69 Å². The van der Waals surface area contributed by atoms with Crippen LogP contribution in [0.15, 0.2) is 53.5 Å². The Balaban J connectivity index is 2.18. The van der Waals surface area contributed by atoms with E-state index in [1.165, 1.54) is 12.1 Å². The molecule has 0 fully saturated rings. The van der Waals surface area contributed by atoms with Gasteiger partial charge in [-0.1, -0.05) is 29.8 Å². The van der Waals surface area contributed by atoms with E-state index in [2.05, 4.69) is 4.99 Å². The fourth-order valence-electron chi connectivity index (χ4n) is 1.42. The van der Waals surface area contributed by atoms with Gasteiger partial charge in [-0.15, -0.1) is 0 Å². The first-order valence-electron chi connectivity index (χ1n) is 5.28. The molecule has 2 aromatic rings. The third-order valence-corrected chi connectivity index (χ3v) is 2.58. The molecule has 2 aromatic carbocycles. The predicted octanol–water partition coefficient (Wildman–Crippen LogP) is 2.49. The van der Waals surface area contributed by atoms with Gasteiger partial charge in [0, 0.05) is 23.4 Å². The Labute approximate surface area is 109 Å². The topological polar surface area (TPSA) is 60.1 Å². The van der Waals surface area contributed by atoms with E-state index >= 15 is 0 Å². The molecule has 18 heavy (non-hydrogen) atoms. The Bertz CT molecular complexity index is 553. The molecule has 0 aromatic heterocycles. The Morgan fingerprint density at radius 1 is 1.17 bits per heavy atom. The van der Waals surface area contributed by atoms with Gasteiger partial charge in [-0.2, -0.15) is 5.23 Å². The predicted molar refractivity (Wildman–Crippen MR) is 70.9 cm³/mol. The number of quaternary nitrogens is 1. The van der Waals surface area contributed by atoms with Crippen molar-refractivity contribution in [1.82, 2.24) is 0 Å². The fraction of sp³-hybridized carbons (Fsp3) is 0. The minimum Gasteiger partial charge on any atom is -0.595 e. The molecule has 0 aliphatic heterocycles. The van der Waals surface area contributed by atoms with E-state index in [9.17, 15) is 5.21 Å². The van der Waals surface area contributed by atoms with Crippen LogP contribution in [0.3, 0.4) is 0 Å². The summed E-state index contributed by atoms with van der Waals surface area (Å²) in [4.78, 5) is 4.22. The van der Waals surface area contributed by atoms with Crippen LogP contribution in [0.25, 0.3) is 0 Å². The monoisotopic (exact) mass is 262 g/mol. The number of hydrogen-bond donors (Lipinski definition) is 2. The molecular formula is C13H11ClN2O2. The number of aliphatic imine (C=N–C) groups is 1. The lowest BCUT2D eigenvalue weighted by Crippen LogP contribution is -2.99. The van der Waals surface area contributed by atoms with E-state index < -0.39 is 5.23 Å². The van der Waals surface area contributed by atoms with Gasteiger partial charge in [-0.05, 0) is 23.8 Å². The van der Waals surface area contributed by atoms with Crippen molar-refractivity contribution in [3.05, 3.63) is 64.3 Å². The molecule has 2 N–H and O–H groups in total. The first kappa shape index (κ1) is 12.7. The number of hydrogen-bond acceptors (Lipinski definition) is 3. The highest BCUT2D eigenvalue weighted by atomic mass is 35.5. The molecular weight excluding hydrogens is 252 g/mol. The highest BCUT2D eigenvalue weighted by Gasteiger charge is 1.99. The Morgan fingerprint density at radius 3 is 2.56 bits per heavy atom. The maximum atomic E-state index is 10.8. The highest BCUT2D eigenvalue weighted by molar-refractivity contribution is 6.30. The Kier molecular flexibility index (Phi) is 4.07. The molecule has 0 saturated carbocycles. The van der Waals surface area contributed by atoms with Crippen molar-refractivity contribution in [1.29, 1.82) is 0 Å². The van der Waals surface area contributed by atoms with Crippen LogP contribution >= 0.6 is 11.6 Å². The molecule has 0 heterocycles. The SMILES string of the molecule is [O-][NH+](O)c1cccc(N=Cc2ccc(Cl)cc2)c1. The van der Waals surface area contributed by atoms with Crippen molar-refractivity contribution in [2.45, 2.75) is 0 Å². The zero-order chi connectivity index (χ0) is 13.0. The molecule has 2 rings (SSSR count). The minimum atomic E-state index is -0.960. The second-order valence-corrected chi connectivity index (χ2v) is 4.10. The van der Waals surface area contributed by atoms with Crippen molar-refractivity contribution in [3.63, 3.8) is 0 Å². The normalized spacial score (nSPS) is 12.8. The van der Waals surface area contributed by atoms with Crippen molar-refractivity contribution in [3.8, 4) is 0 Å². The first-order chi connectivity index (χ1) is 8.65. The van der Waals surface area contributed by atoms with Gasteiger partial charge in [0.2, 0.25) is 0 Å². The smallest absolute Gasteiger partial charge is 0.165 e. The summed E-state index contributed by atoms with van der Waals surface area (Å²) in [6.07, 6.45) is 1.66. The van der Waals surface area contributed by atoms with Crippen LogP contribution in [0.5, 0.6) is 0 Å². The Hall–Kier alpha value is -1.72. The summed E-state index contributed by atoms with van der Waals surface area (Å²) in [6.45, 7) is 0. The lowest BCUT2D eigenvalue weighted by Gasteiger charge is -2.11. The summed E-state index contributed by atoms with van der Waals surface area (Å²) in [7, 11) is 0. The van der Waals surface area contributed by atoms with Crippen LogP contribution in [-0.2, 0) is 0 Å². The van der Waals surface area contributed by atoms with Crippen molar-refractivity contribution >= 4 is 29.2 Å². The van der Waals surface area contributed by atoms with Crippen LogP contribution in [0.2, 0.25) is 5.02 Å². The average Bonchev–Trinajstić information content (AvgIpc) is 2.38. The molecule has 0 saturated heterocycles. The van der Waals surface area contributed by atoms with E-state index in [0.717, 1.165) is 5.56 Å². The largest absolute Gasteiger partial charge is 0.595 e. The molecule has 0 radical (unpaired) electrons. The summed E-state index contributed by atoms with van der Waals surface area (Å²) in [6, 6.07) is 13.7. The van der Waals surface area contributed by atoms with Gasteiger partial charge in [0.25, 0.3) is 0 Å². The highest BCUT2D eigenvalue weighted by Crippen LogP contribution is 2.15. The molecule has 4 nitrogen and oxygen atoms in total. The fourth-order valence-corrected chi connectivity index (χ4v) is 1.54. The van der Waals surface area contributed by atoms with E-state index in [1.807, 2.05) is 12.1 Å². The summed E-state index contributed by atoms with van der Waals surface area (Å²) < 4.78 is 0. The third-order valence-electron chi connectivity index (χ3n) is 2.33. The molecule has 0 bridgehead atoms. The molecule has 0 amide bonds. The van der Waals surface area contributed by atoms with Crippen LogP contribution in [0.4, 0.5) is 11.4 Å². The summed E-state index contributed by atoms with van der Waals surface area (Å²) in [5.41, 5.74) is 1.73. The molecule has 0 aliphatic rings. The van der Waals surface area contributed by atoms with Crippen molar-refractivity contribution in [2.75, 3.05) is 0 Å². The number of nitrogens with zero attached hydrogens (tertiary/aromatic N) is 1. The van der Waals surface area contributed by atoms with Gasteiger partial charge in [0.1, 0.15) is 0 Å². The van der Waals surface area contributed by atoms with Crippen LogP contribution in [0.1, 0.15) is 5.56 Å². The number of rotatable bonds is 3.